The number of nitrogens with one attached hydrogen (secondary N) is 1. The van der Waals surface area contributed by atoms with E-state index < -0.39 is 23.3 Å². The summed E-state index contributed by atoms with van der Waals surface area (Å²) in [6.45, 7) is -0.566. The van der Waals surface area contributed by atoms with Crippen LogP contribution in [0.1, 0.15) is 5.56 Å². The van der Waals surface area contributed by atoms with Gasteiger partial charge in [0.1, 0.15) is 0 Å². The number of nitro groups is 1. The number of nitrogens with zero attached hydrogens (tertiary/aromatic N) is 1. The van der Waals surface area contributed by atoms with Gasteiger partial charge < -0.3 is 15.2 Å². The van der Waals surface area contributed by atoms with E-state index in [1.807, 2.05) is 0 Å². The van der Waals surface area contributed by atoms with Crippen molar-refractivity contribution in [1.82, 2.24) is 5.32 Å². The molecule has 0 spiro atoms. The van der Waals surface area contributed by atoms with E-state index in [0.717, 1.165) is 6.08 Å². The van der Waals surface area contributed by atoms with Crippen molar-refractivity contribution in [3.8, 4) is 0 Å². The quantitative estimate of drug-likeness (QED) is 0.428. The van der Waals surface area contributed by atoms with Gasteiger partial charge in [0.2, 0.25) is 5.91 Å². The van der Waals surface area contributed by atoms with Crippen molar-refractivity contribution in [2.75, 3.05) is 6.54 Å². The number of carbonyl (C=O) groups excluding carboxylic acids is 2. The van der Waals surface area contributed by atoms with Gasteiger partial charge in [-0.05, 0) is 23.8 Å². The zero-order valence-electron chi connectivity index (χ0n) is 9.16. The number of aliphatic carboxylic acids is 1. The van der Waals surface area contributed by atoms with E-state index >= 15 is 0 Å². The Kier molecular flexibility index (Phi) is 4.56. The average molecular weight is 249 g/mol. The van der Waals surface area contributed by atoms with Crippen LogP contribution in [0.4, 0.5) is 5.69 Å². The zero-order chi connectivity index (χ0) is 13.5. The summed E-state index contributed by atoms with van der Waals surface area (Å²) < 4.78 is 0. The second-order valence-electron chi connectivity index (χ2n) is 3.27. The molecule has 0 fully saturated rings. The number of carboxylic acid groups (broad SMARTS) is 1. The number of hydrogen-bond acceptors (Lipinski definition) is 5. The van der Waals surface area contributed by atoms with E-state index in [0.29, 0.717) is 5.56 Å². The minimum absolute atomic E-state index is 0.0476. The normalized spacial score (nSPS) is 10.2. The summed E-state index contributed by atoms with van der Waals surface area (Å²) in [6, 6.07) is 5.55. The van der Waals surface area contributed by atoms with Gasteiger partial charge in [0.25, 0.3) is 5.69 Å². The Labute approximate surface area is 102 Å². The highest BCUT2D eigenvalue weighted by molar-refractivity contribution is 5.93. The number of rotatable bonds is 5. The van der Waals surface area contributed by atoms with Gasteiger partial charge in [-0.1, -0.05) is 0 Å². The summed E-state index contributed by atoms with van der Waals surface area (Å²) in [5.41, 5.74) is 0.540. The predicted octanol–water partition coefficient (Wildman–Crippen LogP) is -0.526. The Morgan fingerprint density at radius 3 is 2.39 bits per heavy atom. The molecule has 0 radical (unpaired) electrons. The molecule has 0 aliphatic heterocycles. The molecule has 0 saturated heterocycles. The molecule has 1 rings (SSSR count). The van der Waals surface area contributed by atoms with Gasteiger partial charge in [-0.3, -0.25) is 14.9 Å². The molecule has 18 heavy (non-hydrogen) atoms. The highest BCUT2D eigenvalue weighted by atomic mass is 16.6. The van der Waals surface area contributed by atoms with E-state index in [1.54, 1.807) is 0 Å². The largest absolute Gasteiger partial charge is 0.548 e. The van der Waals surface area contributed by atoms with Crippen LogP contribution >= 0.6 is 0 Å². The highest BCUT2D eigenvalue weighted by Crippen LogP contribution is 2.12. The first kappa shape index (κ1) is 13.4. The van der Waals surface area contributed by atoms with E-state index in [1.165, 1.54) is 30.3 Å². The van der Waals surface area contributed by atoms with Crippen molar-refractivity contribution < 1.29 is 19.6 Å². The van der Waals surface area contributed by atoms with Crippen LogP contribution < -0.4 is 10.4 Å². The van der Waals surface area contributed by atoms with Crippen LogP contribution in [-0.2, 0) is 9.59 Å². The molecule has 1 amide bonds. The Bertz CT molecular complexity index is 493. The molecular formula is C11H9N2O5-. The van der Waals surface area contributed by atoms with Crippen LogP contribution in [-0.4, -0.2) is 23.3 Å². The molecule has 94 valence electrons. The Morgan fingerprint density at radius 1 is 1.28 bits per heavy atom. The first-order valence-corrected chi connectivity index (χ1v) is 4.89. The number of non-ortho nitro benzene ring substituents is 1. The first-order valence-electron chi connectivity index (χ1n) is 4.89. The fourth-order valence-corrected chi connectivity index (χ4v) is 1.10. The van der Waals surface area contributed by atoms with Crippen LogP contribution in [0.5, 0.6) is 0 Å². The van der Waals surface area contributed by atoms with Crippen LogP contribution in [0, 0.1) is 10.1 Å². The second kappa shape index (κ2) is 6.14. The third kappa shape index (κ3) is 4.44. The van der Waals surface area contributed by atoms with Crippen LogP contribution in [0.15, 0.2) is 30.3 Å². The standard InChI is InChI=1S/C11H10N2O5/c14-10(12-7-11(15)16)6-3-8-1-4-9(5-2-8)13(17)18/h1-6H,7H2,(H,12,14)(H,15,16)/p-1/b6-3+. The summed E-state index contributed by atoms with van der Waals surface area (Å²) in [5, 5.41) is 22.5. The molecular weight excluding hydrogens is 240 g/mol. The van der Waals surface area contributed by atoms with Crippen LogP contribution in [0.3, 0.4) is 0 Å². The summed E-state index contributed by atoms with van der Waals surface area (Å²) in [5.74, 6) is -1.97. The topological polar surface area (TPSA) is 112 Å². The van der Waals surface area contributed by atoms with Gasteiger partial charge in [0, 0.05) is 18.2 Å². The third-order valence-corrected chi connectivity index (χ3v) is 1.94. The number of carbonyl (C=O) groups is 2. The van der Waals surface area contributed by atoms with E-state index in [2.05, 4.69) is 5.32 Å². The molecule has 0 unspecified atom stereocenters. The number of benzene rings is 1. The van der Waals surface area contributed by atoms with Gasteiger partial charge in [-0.25, -0.2) is 0 Å². The minimum Gasteiger partial charge on any atom is -0.548 e. The number of hydrogen-bond donors (Lipinski definition) is 1. The van der Waals surface area contributed by atoms with Crippen molar-refractivity contribution in [2.24, 2.45) is 0 Å². The fourth-order valence-electron chi connectivity index (χ4n) is 1.10. The number of amides is 1. The Balaban J connectivity index is 2.58. The van der Waals surface area contributed by atoms with Crippen molar-refractivity contribution in [1.29, 1.82) is 0 Å². The zero-order valence-corrected chi connectivity index (χ0v) is 9.16. The predicted molar refractivity (Wildman–Crippen MR) is 60.1 cm³/mol. The van der Waals surface area contributed by atoms with Crippen molar-refractivity contribution >= 4 is 23.6 Å². The van der Waals surface area contributed by atoms with Gasteiger partial charge in [0.15, 0.2) is 0 Å². The molecule has 1 N–H and O–H groups in total. The first-order chi connectivity index (χ1) is 8.49. The maximum absolute atomic E-state index is 11.1. The second-order valence-corrected chi connectivity index (χ2v) is 3.27. The van der Waals surface area contributed by atoms with Crippen LogP contribution in [0.2, 0.25) is 0 Å². The van der Waals surface area contributed by atoms with Gasteiger partial charge in [-0.15, -0.1) is 0 Å². The van der Waals surface area contributed by atoms with Gasteiger partial charge in [0.05, 0.1) is 17.4 Å². The minimum atomic E-state index is -1.38. The molecule has 0 aromatic heterocycles. The number of carboxylic acids is 1. The SMILES string of the molecule is O=C([O-])CNC(=O)/C=C/c1ccc([N+](=O)[O-])cc1. The molecule has 0 atom stereocenters. The molecule has 7 nitrogen and oxygen atoms in total. The lowest BCUT2D eigenvalue weighted by Crippen LogP contribution is -2.36. The molecule has 0 heterocycles. The van der Waals surface area contributed by atoms with Crippen LogP contribution in [0.25, 0.3) is 6.08 Å². The molecule has 0 saturated carbocycles. The Hall–Kier alpha value is -2.70. The molecule has 1 aromatic carbocycles. The maximum Gasteiger partial charge on any atom is 0.269 e. The summed E-state index contributed by atoms with van der Waals surface area (Å²) in [4.78, 5) is 31.0. The van der Waals surface area contributed by atoms with Crippen molar-refractivity contribution in [3.05, 3.63) is 46.0 Å². The molecule has 7 heteroatoms. The third-order valence-electron chi connectivity index (χ3n) is 1.94. The Morgan fingerprint density at radius 2 is 1.89 bits per heavy atom. The lowest BCUT2D eigenvalue weighted by Gasteiger charge is -2.01. The van der Waals surface area contributed by atoms with E-state index in [9.17, 15) is 24.8 Å². The van der Waals surface area contributed by atoms with E-state index in [-0.39, 0.29) is 5.69 Å². The lowest BCUT2D eigenvalue weighted by atomic mass is 10.2. The fraction of sp³-hybridized carbons (Fsp3) is 0.0909. The van der Waals surface area contributed by atoms with Crippen molar-refractivity contribution in [2.45, 2.75) is 0 Å². The molecule has 0 bridgehead atoms. The molecule has 0 aliphatic rings. The molecule has 1 aromatic rings. The number of nitro benzene ring substituents is 1. The highest BCUT2D eigenvalue weighted by Gasteiger charge is 2.02. The summed E-state index contributed by atoms with van der Waals surface area (Å²) in [6.07, 6.45) is 2.54. The van der Waals surface area contributed by atoms with E-state index in [4.69, 9.17) is 0 Å². The lowest BCUT2D eigenvalue weighted by molar-refractivity contribution is -0.384. The monoisotopic (exact) mass is 249 g/mol. The average Bonchev–Trinajstić information content (AvgIpc) is 2.34. The maximum atomic E-state index is 11.1. The molecule has 0 aliphatic carbocycles. The smallest absolute Gasteiger partial charge is 0.269 e. The van der Waals surface area contributed by atoms with Gasteiger partial charge in [-0.2, -0.15) is 0 Å². The van der Waals surface area contributed by atoms with Gasteiger partial charge >= 0.3 is 0 Å². The summed E-state index contributed by atoms with van der Waals surface area (Å²) >= 11 is 0. The van der Waals surface area contributed by atoms with Crippen molar-refractivity contribution in [3.63, 3.8) is 0 Å². The summed E-state index contributed by atoms with van der Waals surface area (Å²) in [7, 11) is 0.